The second-order valence-corrected chi connectivity index (χ2v) is 11.3. The topological polar surface area (TPSA) is 94.2 Å². The summed E-state index contributed by atoms with van der Waals surface area (Å²) in [4.78, 5) is 19.8. The van der Waals surface area contributed by atoms with E-state index < -0.39 is 10.0 Å². The lowest BCUT2D eigenvalue weighted by Gasteiger charge is -2.38. The number of fused-ring (bicyclic) bond motifs is 1. The Bertz CT molecular complexity index is 1390. The molecule has 2 aliphatic rings. The van der Waals surface area contributed by atoms with Gasteiger partial charge in [0.2, 0.25) is 0 Å². The van der Waals surface area contributed by atoms with Gasteiger partial charge in [-0.1, -0.05) is 18.2 Å². The normalized spacial score (nSPS) is 16.1. The van der Waals surface area contributed by atoms with Crippen LogP contribution in [0, 0.1) is 0 Å². The number of amides is 2. The molecule has 0 atom stereocenters. The van der Waals surface area contributed by atoms with Crippen molar-refractivity contribution in [1.82, 2.24) is 9.80 Å². The highest BCUT2D eigenvalue weighted by atomic mass is 32.2. The number of carbonyl (C=O) groups is 1. The van der Waals surface area contributed by atoms with Crippen LogP contribution in [0.15, 0.2) is 71.6 Å². The molecule has 0 bridgehead atoms. The maximum atomic E-state index is 13.2. The third-order valence-corrected chi connectivity index (χ3v) is 8.53. The number of likely N-dealkylation sites (N-methyl/N-ethyl adjacent to an activating group) is 1. The summed E-state index contributed by atoms with van der Waals surface area (Å²) in [6, 6.07) is 18.8. The molecule has 0 unspecified atom stereocenters. The van der Waals surface area contributed by atoms with E-state index in [4.69, 9.17) is 4.74 Å². The second-order valence-electron chi connectivity index (χ2n) is 9.63. The number of anilines is 3. The van der Waals surface area contributed by atoms with Crippen molar-refractivity contribution in [3.8, 4) is 5.75 Å². The zero-order chi connectivity index (χ0) is 26.7. The fourth-order valence-electron chi connectivity index (χ4n) is 4.97. The van der Waals surface area contributed by atoms with Gasteiger partial charge >= 0.3 is 6.03 Å². The number of nitrogens with one attached hydrogen (secondary N) is 2. The van der Waals surface area contributed by atoms with Crippen LogP contribution < -0.4 is 19.7 Å². The molecule has 2 aliphatic heterocycles. The van der Waals surface area contributed by atoms with E-state index in [1.54, 1.807) is 48.4 Å². The third-order valence-electron chi connectivity index (χ3n) is 7.14. The van der Waals surface area contributed by atoms with Crippen molar-refractivity contribution in [2.45, 2.75) is 17.9 Å². The Morgan fingerprint density at radius 2 is 1.55 bits per heavy atom. The molecule has 38 heavy (non-hydrogen) atoms. The Morgan fingerprint density at radius 3 is 2.24 bits per heavy atom. The number of piperazine rings is 1. The molecule has 2 heterocycles. The van der Waals surface area contributed by atoms with Gasteiger partial charge in [0.15, 0.2) is 0 Å². The molecule has 1 saturated heterocycles. The van der Waals surface area contributed by atoms with E-state index in [0.717, 1.165) is 48.7 Å². The number of benzene rings is 3. The number of hydrogen-bond donors (Lipinski definition) is 2. The molecule has 3 aromatic carbocycles. The molecular formula is C28H33N5O4S. The van der Waals surface area contributed by atoms with Gasteiger partial charge in [-0.2, -0.15) is 0 Å². The summed E-state index contributed by atoms with van der Waals surface area (Å²) >= 11 is 0. The molecule has 2 amide bonds. The minimum Gasteiger partial charge on any atom is -0.496 e. The van der Waals surface area contributed by atoms with E-state index in [-0.39, 0.29) is 10.9 Å². The molecule has 1 fully saturated rings. The molecule has 0 aromatic heterocycles. The van der Waals surface area contributed by atoms with Crippen LogP contribution >= 0.6 is 0 Å². The highest BCUT2D eigenvalue weighted by molar-refractivity contribution is 7.92. The number of rotatable bonds is 6. The van der Waals surface area contributed by atoms with Gasteiger partial charge in [0.05, 0.1) is 12.0 Å². The number of methoxy groups -OCH3 is 1. The fourth-order valence-corrected chi connectivity index (χ4v) is 6.03. The van der Waals surface area contributed by atoms with Crippen LogP contribution in [0.3, 0.4) is 0 Å². The summed E-state index contributed by atoms with van der Waals surface area (Å²) < 4.78 is 33.6. The molecule has 2 N–H and O–H groups in total. The number of hydrogen-bond acceptors (Lipinski definition) is 6. The molecule has 3 aromatic rings. The minimum atomic E-state index is -3.73. The van der Waals surface area contributed by atoms with Gasteiger partial charge < -0.3 is 24.8 Å². The summed E-state index contributed by atoms with van der Waals surface area (Å²) in [5, 5.41) is 2.92. The zero-order valence-corrected chi connectivity index (χ0v) is 22.5. The van der Waals surface area contributed by atoms with Crippen LogP contribution in [0.4, 0.5) is 21.9 Å². The first-order valence-electron chi connectivity index (χ1n) is 12.7. The number of para-hydroxylation sites is 1. The molecule has 0 radical (unpaired) electrons. The summed E-state index contributed by atoms with van der Waals surface area (Å²) in [7, 11) is 0.0868. The van der Waals surface area contributed by atoms with Crippen LogP contribution in [0.5, 0.6) is 5.75 Å². The fraction of sp³-hybridized carbons (Fsp3) is 0.321. The summed E-state index contributed by atoms with van der Waals surface area (Å²) in [6.45, 7) is 4.92. The summed E-state index contributed by atoms with van der Waals surface area (Å²) in [5.41, 5.74) is 4.47. The Kier molecular flexibility index (Phi) is 7.44. The van der Waals surface area contributed by atoms with E-state index in [2.05, 4.69) is 33.0 Å². The van der Waals surface area contributed by atoms with Crippen LogP contribution in [0.1, 0.15) is 11.1 Å². The highest BCUT2D eigenvalue weighted by Gasteiger charge is 2.28. The summed E-state index contributed by atoms with van der Waals surface area (Å²) in [5.74, 6) is 0.860. The quantitative estimate of drug-likeness (QED) is 0.498. The number of nitrogens with zero attached hydrogens (tertiary/aromatic N) is 3. The number of urea groups is 1. The lowest BCUT2D eigenvalue weighted by atomic mass is 9.96. The average molecular weight is 536 g/mol. The maximum absolute atomic E-state index is 13.2. The van der Waals surface area contributed by atoms with Crippen LogP contribution in [-0.4, -0.2) is 71.1 Å². The van der Waals surface area contributed by atoms with Gasteiger partial charge in [-0.3, -0.25) is 4.72 Å². The van der Waals surface area contributed by atoms with Gasteiger partial charge in [-0.05, 0) is 62.0 Å². The monoisotopic (exact) mass is 535 g/mol. The molecular weight excluding hydrogens is 502 g/mol. The molecule has 0 saturated carbocycles. The smallest absolute Gasteiger partial charge is 0.322 e. The second kappa shape index (κ2) is 10.9. The molecule has 0 aliphatic carbocycles. The molecule has 9 nitrogen and oxygen atoms in total. The van der Waals surface area contributed by atoms with Gasteiger partial charge in [0.1, 0.15) is 5.75 Å². The SMILES string of the molecule is COc1ccc(N2CCN(C)CC2)c2c1CCN(C(=O)Nc1ccc(S(=O)(=O)Nc3ccccc3)cc1)C2. The first-order chi connectivity index (χ1) is 18.3. The van der Waals surface area contributed by atoms with Crippen molar-refractivity contribution in [2.75, 3.05) is 61.8 Å². The highest BCUT2D eigenvalue weighted by Crippen LogP contribution is 2.36. The standard InChI is InChI=1S/C28H33N5O4S/c1-31-16-18-32(19-17-31)26-12-13-27(37-2)24-14-15-33(20-25(24)26)28(34)29-21-8-10-23(11-9-21)38(35,36)30-22-6-4-3-5-7-22/h3-13,30H,14-20H2,1-2H3,(H,29,34). The number of ether oxygens (including phenoxy) is 1. The molecule has 5 rings (SSSR count). The maximum Gasteiger partial charge on any atom is 0.322 e. The first kappa shape index (κ1) is 25.9. The van der Waals surface area contributed by atoms with Gasteiger partial charge in [0.25, 0.3) is 10.0 Å². The lowest BCUT2D eigenvalue weighted by molar-refractivity contribution is 0.206. The third kappa shape index (κ3) is 5.56. The van der Waals surface area contributed by atoms with Crippen molar-refractivity contribution >= 4 is 33.1 Å². The van der Waals surface area contributed by atoms with E-state index in [1.807, 2.05) is 12.1 Å². The van der Waals surface area contributed by atoms with Crippen LogP contribution in [-0.2, 0) is 23.0 Å². The number of carbonyl (C=O) groups excluding carboxylic acids is 1. The van der Waals surface area contributed by atoms with Crippen molar-refractivity contribution in [3.05, 3.63) is 77.9 Å². The molecule has 0 spiro atoms. The van der Waals surface area contributed by atoms with Gasteiger partial charge in [0, 0.05) is 67.5 Å². The Hall–Kier alpha value is -3.76. The lowest BCUT2D eigenvalue weighted by Crippen LogP contribution is -2.46. The van der Waals surface area contributed by atoms with E-state index in [9.17, 15) is 13.2 Å². The Labute approximate surface area is 224 Å². The van der Waals surface area contributed by atoms with E-state index in [1.165, 1.54) is 12.1 Å². The first-order valence-corrected chi connectivity index (χ1v) is 14.2. The van der Waals surface area contributed by atoms with E-state index in [0.29, 0.717) is 30.9 Å². The minimum absolute atomic E-state index is 0.121. The predicted molar refractivity (Wildman–Crippen MR) is 150 cm³/mol. The Balaban J connectivity index is 1.29. The van der Waals surface area contributed by atoms with Crippen molar-refractivity contribution in [3.63, 3.8) is 0 Å². The predicted octanol–water partition coefficient (Wildman–Crippen LogP) is 3.84. The van der Waals surface area contributed by atoms with Crippen molar-refractivity contribution in [2.24, 2.45) is 0 Å². The average Bonchev–Trinajstić information content (AvgIpc) is 2.93. The van der Waals surface area contributed by atoms with Crippen LogP contribution in [0.2, 0.25) is 0 Å². The van der Waals surface area contributed by atoms with Crippen molar-refractivity contribution in [1.29, 1.82) is 0 Å². The number of sulfonamides is 1. The van der Waals surface area contributed by atoms with E-state index >= 15 is 0 Å². The summed E-state index contributed by atoms with van der Waals surface area (Å²) in [6.07, 6.45) is 0.704. The van der Waals surface area contributed by atoms with Gasteiger partial charge in [-0.15, -0.1) is 0 Å². The molecule has 200 valence electrons. The molecule has 10 heteroatoms. The zero-order valence-electron chi connectivity index (χ0n) is 21.7. The van der Waals surface area contributed by atoms with Crippen molar-refractivity contribution < 1.29 is 17.9 Å². The Morgan fingerprint density at radius 1 is 0.842 bits per heavy atom. The largest absolute Gasteiger partial charge is 0.496 e. The van der Waals surface area contributed by atoms with Crippen LogP contribution in [0.25, 0.3) is 0 Å². The van der Waals surface area contributed by atoms with Gasteiger partial charge in [-0.25, -0.2) is 13.2 Å².